The Bertz CT molecular complexity index is 809. The van der Waals surface area contributed by atoms with Crippen LogP contribution in [0.4, 0.5) is 5.69 Å². The van der Waals surface area contributed by atoms with Crippen LogP contribution in [0.3, 0.4) is 0 Å². The van der Waals surface area contributed by atoms with Gasteiger partial charge in [-0.3, -0.25) is 19.5 Å². The first-order chi connectivity index (χ1) is 14.0. The number of esters is 1. The Balaban J connectivity index is 0.00000450. The van der Waals surface area contributed by atoms with E-state index in [0.29, 0.717) is 34.4 Å². The molecule has 0 aliphatic carbocycles. The number of amidine groups is 1. The van der Waals surface area contributed by atoms with Gasteiger partial charge >= 0.3 is 5.97 Å². The smallest absolute Gasteiger partial charge is 0.337 e. The third-order valence-electron chi connectivity index (χ3n) is 4.22. The van der Waals surface area contributed by atoms with Crippen molar-refractivity contribution in [3.63, 3.8) is 0 Å². The molecular weight excluding hydrogens is 470 g/mol. The van der Waals surface area contributed by atoms with Gasteiger partial charge in [-0.1, -0.05) is 26.7 Å². The fraction of sp³-hybridized carbons (Fsp3) is 0.429. The lowest BCUT2D eigenvalue weighted by molar-refractivity contribution is -0.122. The molecule has 1 saturated heterocycles. The number of unbranched alkanes of at least 4 members (excludes halogenated alkanes) is 2. The number of carbonyl (C=O) groups is 3. The predicted molar refractivity (Wildman–Crippen MR) is 116 cm³/mol. The second-order valence-electron chi connectivity index (χ2n) is 6.50. The number of rotatable bonds is 9. The van der Waals surface area contributed by atoms with Gasteiger partial charge in [-0.25, -0.2) is 4.79 Å². The van der Waals surface area contributed by atoms with E-state index in [9.17, 15) is 14.4 Å². The number of anilines is 1. The molecule has 0 aromatic heterocycles. The Hall–Kier alpha value is -2.13. The van der Waals surface area contributed by atoms with E-state index < -0.39 is 11.9 Å². The Morgan fingerprint density at radius 2 is 1.83 bits per heavy atom. The summed E-state index contributed by atoms with van der Waals surface area (Å²) in [5.74, 6) is -1.04. The Kier molecular flexibility index (Phi) is 11.4. The lowest BCUT2D eigenvalue weighted by atomic mass is 10.2. The molecule has 1 N–H and O–H groups in total. The summed E-state index contributed by atoms with van der Waals surface area (Å²) < 4.78 is 4.65. The van der Waals surface area contributed by atoms with Gasteiger partial charge in [-0.15, -0.1) is 0 Å². The van der Waals surface area contributed by atoms with Gasteiger partial charge in [0, 0.05) is 24.9 Å². The molecule has 7 nitrogen and oxygen atoms in total. The lowest BCUT2D eigenvalue weighted by Crippen LogP contribution is -3.00. The van der Waals surface area contributed by atoms with E-state index >= 15 is 0 Å². The number of hydrogen-bond donors (Lipinski definition) is 1. The number of carbonyl (C=O) groups excluding carboxylic acids is 3. The van der Waals surface area contributed by atoms with Crippen molar-refractivity contribution in [3.05, 3.63) is 40.8 Å². The number of thioether (sulfide) groups is 1. The minimum absolute atomic E-state index is 0. The third kappa shape index (κ3) is 7.28. The molecule has 0 bridgehead atoms. The second-order valence-corrected chi connectivity index (χ2v) is 7.51. The first-order valence-electron chi connectivity index (χ1n) is 9.75. The van der Waals surface area contributed by atoms with Crippen molar-refractivity contribution in [2.45, 2.75) is 39.5 Å². The molecular formula is C21H27BrN3O4S-. The van der Waals surface area contributed by atoms with Crippen LogP contribution in [0.5, 0.6) is 0 Å². The second kappa shape index (κ2) is 13.2. The molecule has 0 atom stereocenters. The summed E-state index contributed by atoms with van der Waals surface area (Å²) in [5, 5.41) is 3.37. The molecule has 1 heterocycles. The predicted octanol–water partition coefficient (Wildman–Crippen LogP) is 0.831. The molecule has 0 saturated carbocycles. The van der Waals surface area contributed by atoms with Crippen LogP contribution in [0.25, 0.3) is 0 Å². The van der Waals surface area contributed by atoms with E-state index in [1.165, 1.54) is 24.9 Å². The van der Waals surface area contributed by atoms with E-state index in [1.54, 1.807) is 29.2 Å². The van der Waals surface area contributed by atoms with Crippen LogP contribution in [0.2, 0.25) is 0 Å². The average Bonchev–Trinajstić information content (AvgIpc) is 3.01. The zero-order valence-corrected chi connectivity index (χ0v) is 19.8. The molecule has 1 fully saturated rings. The van der Waals surface area contributed by atoms with E-state index in [1.807, 2.05) is 0 Å². The molecule has 0 unspecified atom stereocenters. The van der Waals surface area contributed by atoms with Gasteiger partial charge in [0.2, 0.25) is 5.91 Å². The van der Waals surface area contributed by atoms with Crippen LogP contribution < -0.4 is 22.3 Å². The normalized spacial score (nSPS) is 16.0. The highest BCUT2D eigenvalue weighted by molar-refractivity contribution is 8.18. The zero-order valence-electron chi connectivity index (χ0n) is 17.4. The maximum absolute atomic E-state index is 12.7. The summed E-state index contributed by atoms with van der Waals surface area (Å²) in [5.41, 5.74) is 0.916. The molecule has 2 amide bonds. The largest absolute Gasteiger partial charge is 1.00 e. The minimum atomic E-state index is -0.444. The molecule has 164 valence electrons. The molecule has 1 aromatic carbocycles. The van der Waals surface area contributed by atoms with Gasteiger partial charge in [0.25, 0.3) is 5.91 Å². The molecule has 1 aromatic rings. The fourth-order valence-electron chi connectivity index (χ4n) is 2.58. The molecule has 9 heteroatoms. The van der Waals surface area contributed by atoms with Crippen molar-refractivity contribution >= 4 is 40.4 Å². The van der Waals surface area contributed by atoms with Crippen LogP contribution in [0.1, 0.15) is 49.9 Å². The highest BCUT2D eigenvalue weighted by atomic mass is 79.9. The Morgan fingerprint density at radius 3 is 2.43 bits per heavy atom. The van der Waals surface area contributed by atoms with Crippen molar-refractivity contribution in [2.75, 3.05) is 25.5 Å². The lowest BCUT2D eigenvalue weighted by Gasteiger charge is -2.14. The van der Waals surface area contributed by atoms with Crippen LogP contribution in [0.15, 0.2) is 40.2 Å². The van der Waals surface area contributed by atoms with Crippen molar-refractivity contribution in [1.29, 1.82) is 0 Å². The number of amides is 2. The molecule has 1 aliphatic rings. The number of nitrogens with zero attached hydrogens (tertiary/aromatic N) is 2. The molecule has 30 heavy (non-hydrogen) atoms. The molecule has 0 spiro atoms. The number of aliphatic imine (C=N–C) groups is 1. The maximum Gasteiger partial charge on any atom is 0.337 e. The number of benzene rings is 1. The molecule has 0 radical (unpaired) electrons. The van der Waals surface area contributed by atoms with E-state index in [2.05, 4.69) is 28.9 Å². The SMILES string of the molecule is CCCCN=C1S/C(=C\C(=O)Nc2ccc(C(=O)OC)cc2)C(=O)N1CCCC.[Br-]. The first kappa shape index (κ1) is 25.9. The number of hydrogen-bond acceptors (Lipinski definition) is 6. The molecule has 1 aliphatic heterocycles. The van der Waals surface area contributed by atoms with Gasteiger partial charge < -0.3 is 27.0 Å². The summed E-state index contributed by atoms with van der Waals surface area (Å²) in [7, 11) is 1.31. The monoisotopic (exact) mass is 496 g/mol. The number of methoxy groups -OCH3 is 1. The summed E-state index contributed by atoms with van der Waals surface area (Å²) >= 11 is 1.24. The number of ether oxygens (including phenoxy) is 1. The fourth-order valence-corrected chi connectivity index (χ4v) is 3.58. The van der Waals surface area contributed by atoms with Crippen LogP contribution in [0, 0.1) is 0 Å². The molecule has 2 rings (SSSR count). The Morgan fingerprint density at radius 1 is 1.17 bits per heavy atom. The van der Waals surface area contributed by atoms with Gasteiger partial charge in [0.05, 0.1) is 17.6 Å². The van der Waals surface area contributed by atoms with Crippen molar-refractivity contribution in [2.24, 2.45) is 4.99 Å². The van der Waals surface area contributed by atoms with Gasteiger partial charge in [0.15, 0.2) is 5.17 Å². The highest BCUT2D eigenvalue weighted by Gasteiger charge is 2.33. The third-order valence-corrected chi connectivity index (χ3v) is 5.26. The standard InChI is InChI=1S/C21H27N3O4S.BrH/c1-4-6-12-22-21-24(13-7-5-2)19(26)17(29-21)14-18(25)23-16-10-8-15(9-11-16)20(27)28-3;/h8-11,14H,4-7,12-13H2,1-3H3,(H,23,25);1H/p-1/b17-14-,22-21?;. The van der Waals surface area contributed by atoms with Gasteiger partial charge in [-0.2, -0.15) is 0 Å². The minimum Gasteiger partial charge on any atom is -1.00 e. The first-order valence-corrected chi connectivity index (χ1v) is 10.6. The van der Waals surface area contributed by atoms with Crippen molar-refractivity contribution in [3.8, 4) is 0 Å². The van der Waals surface area contributed by atoms with E-state index in [4.69, 9.17) is 0 Å². The van der Waals surface area contributed by atoms with Crippen molar-refractivity contribution in [1.82, 2.24) is 4.90 Å². The van der Waals surface area contributed by atoms with Gasteiger partial charge in [-0.05, 0) is 48.9 Å². The number of nitrogens with one attached hydrogen (secondary N) is 1. The maximum atomic E-state index is 12.7. The van der Waals surface area contributed by atoms with Crippen LogP contribution >= 0.6 is 11.8 Å². The van der Waals surface area contributed by atoms with E-state index in [0.717, 1.165) is 25.7 Å². The van der Waals surface area contributed by atoms with Crippen molar-refractivity contribution < 1.29 is 36.1 Å². The average molecular weight is 497 g/mol. The Labute approximate surface area is 192 Å². The summed E-state index contributed by atoms with van der Waals surface area (Å²) in [6.45, 7) is 5.43. The summed E-state index contributed by atoms with van der Waals surface area (Å²) in [6, 6.07) is 6.35. The number of halogens is 1. The van der Waals surface area contributed by atoms with E-state index in [-0.39, 0.29) is 22.9 Å². The van der Waals surface area contributed by atoms with Gasteiger partial charge in [0.1, 0.15) is 0 Å². The topological polar surface area (TPSA) is 88.1 Å². The van der Waals surface area contributed by atoms with Crippen LogP contribution in [-0.4, -0.2) is 48.1 Å². The summed E-state index contributed by atoms with van der Waals surface area (Å²) in [4.78, 5) is 43.1. The zero-order chi connectivity index (χ0) is 21.2. The quantitative estimate of drug-likeness (QED) is 0.310. The highest BCUT2D eigenvalue weighted by Crippen LogP contribution is 2.31. The van der Waals surface area contributed by atoms with Crippen LogP contribution in [-0.2, 0) is 14.3 Å². The summed E-state index contributed by atoms with van der Waals surface area (Å²) in [6.07, 6.45) is 5.15.